The Hall–Kier alpha value is -1.11. The molecule has 0 atom stereocenters. The highest BCUT2D eigenvalue weighted by atomic mass is 79.9. The number of hydrogen-bond donors (Lipinski definition) is 2. The van der Waals surface area contributed by atoms with E-state index in [1.807, 2.05) is 25.1 Å². The van der Waals surface area contributed by atoms with Crippen molar-refractivity contribution in [3.8, 4) is 0 Å². The summed E-state index contributed by atoms with van der Waals surface area (Å²) in [5.41, 5.74) is 1.06. The number of anilines is 2. The molecular formula is C14H12Br2ClN3O. The second-order valence-corrected chi connectivity index (χ2v) is 6.34. The molecule has 1 aromatic heterocycles. The molecule has 2 N–H and O–H groups in total. The first kappa shape index (κ1) is 16.3. The molecule has 2 rings (SSSR count). The quantitative estimate of drug-likeness (QED) is 0.718. The summed E-state index contributed by atoms with van der Waals surface area (Å²) in [6, 6.07) is 7.13. The minimum Gasteiger partial charge on any atom is -0.369 e. The van der Waals surface area contributed by atoms with Crippen molar-refractivity contribution in [2.24, 2.45) is 0 Å². The van der Waals surface area contributed by atoms with Gasteiger partial charge in [-0.2, -0.15) is 0 Å². The van der Waals surface area contributed by atoms with Gasteiger partial charge < -0.3 is 10.6 Å². The van der Waals surface area contributed by atoms with Crippen molar-refractivity contribution in [3.05, 3.63) is 50.0 Å². The SMILES string of the molecule is CCNc1ncc(C(=O)Nc2cc(Br)ccc2Br)cc1Cl. The minimum atomic E-state index is -0.272. The zero-order chi connectivity index (χ0) is 15.4. The van der Waals surface area contributed by atoms with Crippen LogP contribution in [0.1, 0.15) is 17.3 Å². The lowest BCUT2D eigenvalue weighted by Crippen LogP contribution is -2.13. The average Bonchev–Trinajstić information content (AvgIpc) is 2.45. The summed E-state index contributed by atoms with van der Waals surface area (Å²) in [5.74, 6) is 0.297. The summed E-state index contributed by atoms with van der Waals surface area (Å²) in [6.45, 7) is 2.66. The maximum Gasteiger partial charge on any atom is 0.257 e. The molecule has 7 heteroatoms. The van der Waals surface area contributed by atoms with E-state index in [1.165, 1.54) is 6.20 Å². The molecule has 0 aliphatic heterocycles. The number of nitrogens with one attached hydrogen (secondary N) is 2. The number of halogens is 3. The van der Waals surface area contributed by atoms with Gasteiger partial charge in [0.25, 0.3) is 5.91 Å². The molecule has 0 fully saturated rings. The maximum absolute atomic E-state index is 12.2. The van der Waals surface area contributed by atoms with E-state index in [0.717, 1.165) is 8.95 Å². The molecule has 0 spiro atoms. The van der Waals surface area contributed by atoms with Crippen LogP contribution in [0.15, 0.2) is 39.4 Å². The number of pyridine rings is 1. The first-order valence-electron chi connectivity index (χ1n) is 6.17. The molecule has 0 bridgehead atoms. The Balaban J connectivity index is 2.20. The summed E-state index contributed by atoms with van der Waals surface area (Å²) >= 11 is 12.8. The number of nitrogens with zero attached hydrogens (tertiary/aromatic N) is 1. The Labute approximate surface area is 144 Å². The third-order valence-electron chi connectivity index (χ3n) is 2.62. The number of carbonyl (C=O) groups excluding carboxylic acids is 1. The topological polar surface area (TPSA) is 54.0 Å². The van der Waals surface area contributed by atoms with Gasteiger partial charge in [0.1, 0.15) is 5.82 Å². The van der Waals surface area contributed by atoms with E-state index in [0.29, 0.717) is 28.6 Å². The largest absolute Gasteiger partial charge is 0.369 e. The fraction of sp³-hybridized carbons (Fsp3) is 0.143. The summed E-state index contributed by atoms with van der Waals surface area (Å²) in [4.78, 5) is 16.4. The first-order valence-corrected chi connectivity index (χ1v) is 8.13. The summed E-state index contributed by atoms with van der Waals surface area (Å²) < 4.78 is 1.67. The second-order valence-electron chi connectivity index (χ2n) is 4.16. The van der Waals surface area contributed by atoms with Crippen LogP contribution in [-0.4, -0.2) is 17.4 Å². The Kier molecular flexibility index (Phi) is 5.61. The molecule has 0 saturated carbocycles. The molecule has 1 heterocycles. The molecule has 0 saturated heterocycles. The summed E-state index contributed by atoms with van der Waals surface area (Å²) in [5, 5.41) is 6.25. The van der Waals surface area contributed by atoms with Gasteiger partial charge in [-0.1, -0.05) is 27.5 Å². The Bertz CT molecular complexity index is 679. The highest BCUT2D eigenvalue weighted by molar-refractivity contribution is 9.11. The average molecular weight is 434 g/mol. The van der Waals surface area contributed by atoms with E-state index in [2.05, 4.69) is 47.5 Å². The van der Waals surface area contributed by atoms with Crippen LogP contribution in [-0.2, 0) is 0 Å². The van der Waals surface area contributed by atoms with Gasteiger partial charge in [0.15, 0.2) is 0 Å². The number of aromatic nitrogens is 1. The van der Waals surface area contributed by atoms with Gasteiger partial charge in [0.05, 0.1) is 16.3 Å². The minimum absolute atomic E-state index is 0.272. The molecule has 0 aliphatic carbocycles. The van der Waals surface area contributed by atoms with Crippen molar-refractivity contribution >= 4 is 60.9 Å². The fourth-order valence-corrected chi connectivity index (χ4v) is 2.59. The highest BCUT2D eigenvalue weighted by Crippen LogP contribution is 2.27. The third-order valence-corrected chi connectivity index (χ3v) is 4.10. The van der Waals surface area contributed by atoms with Gasteiger partial charge in [-0.15, -0.1) is 0 Å². The van der Waals surface area contributed by atoms with E-state index < -0.39 is 0 Å². The standard InChI is InChI=1S/C14H12Br2ClN3O/c1-2-18-13-11(17)5-8(7-19-13)14(21)20-12-6-9(15)3-4-10(12)16/h3-7H,2H2,1H3,(H,18,19)(H,20,21). The monoisotopic (exact) mass is 431 g/mol. The van der Waals surface area contributed by atoms with Gasteiger partial charge >= 0.3 is 0 Å². The van der Waals surface area contributed by atoms with Crippen molar-refractivity contribution in [2.75, 3.05) is 17.2 Å². The number of hydrogen-bond acceptors (Lipinski definition) is 3. The Morgan fingerprint density at radius 2 is 2.10 bits per heavy atom. The summed E-state index contributed by atoms with van der Waals surface area (Å²) in [6.07, 6.45) is 1.49. The van der Waals surface area contributed by atoms with Crippen LogP contribution in [0, 0.1) is 0 Å². The van der Waals surface area contributed by atoms with E-state index in [-0.39, 0.29) is 5.91 Å². The molecule has 110 valence electrons. The smallest absolute Gasteiger partial charge is 0.257 e. The van der Waals surface area contributed by atoms with Crippen LogP contribution in [0.5, 0.6) is 0 Å². The Morgan fingerprint density at radius 3 is 2.76 bits per heavy atom. The number of rotatable bonds is 4. The van der Waals surface area contributed by atoms with E-state index >= 15 is 0 Å². The number of benzene rings is 1. The van der Waals surface area contributed by atoms with Gasteiger partial charge in [0.2, 0.25) is 0 Å². The maximum atomic E-state index is 12.2. The fourth-order valence-electron chi connectivity index (χ4n) is 1.65. The molecule has 21 heavy (non-hydrogen) atoms. The van der Waals surface area contributed by atoms with Crippen LogP contribution in [0.2, 0.25) is 5.02 Å². The van der Waals surface area contributed by atoms with E-state index in [9.17, 15) is 4.79 Å². The molecule has 2 aromatic rings. The first-order chi connectivity index (χ1) is 10.0. The van der Waals surface area contributed by atoms with E-state index in [4.69, 9.17) is 11.6 Å². The van der Waals surface area contributed by atoms with Gasteiger partial charge in [-0.25, -0.2) is 4.98 Å². The van der Waals surface area contributed by atoms with Crippen molar-refractivity contribution in [1.82, 2.24) is 4.98 Å². The number of carbonyl (C=O) groups is 1. The zero-order valence-corrected chi connectivity index (χ0v) is 15.0. The van der Waals surface area contributed by atoms with Crippen LogP contribution in [0.4, 0.5) is 11.5 Å². The predicted molar refractivity (Wildman–Crippen MR) is 93.2 cm³/mol. The van der Waals surface area contributed by atoms with E-state index in [1.54, 1.807) is 6.07 Å². The second kappa shape index (κ2) is 7.24. The lowest BCUT2D eigenvalue weighted by Gasteiger charge is -2.09. The highest BCUT2D eigenvalue weighted by Gasteiger charge is 2.11. The van der Waals surface area contributed by atoms with Crippen molar-refractivity contribution < 1.29 is 4.79 Å². The van der Waals surface area contributed by atoms with Crippen molar-refractivity contribution in [3.63, 3.8) is 0 Å². The van der Waals surface area contributed by atoms with Crippen molar-refractivity contribution in [2.45, 2.75) is 6.92 Å². The lowest BCUT2D eigenvalue weighted by atomic mass is 10.2. The number of amides is 1. The zero-order valence-electron chi connectivity index (χ0n) is 11.1. The molecule has 1 amide bonds. The molecule has 0 radical (unpaired) electrons. The van der Waals surface area contributed by atoms with Crippen LogP contribution < -0.4 is 10.6 Å². The molecule has 0 aliphatic rings. The lowest BCUT2D eigenvalue weighted by molar-refractivity contribution is 0.102. The van der Waals surface area contributed by atoms with Crippen LogP contribution >= 0.6 is 43.5 Å². The van der Waals surface area contributed by atoms with Gasteiger partial charge in [-0.05, 0) is 47.1 Å². The van der Waals surface area contributed by atoms with Crippen LogP contribution in [0.25, 0.3) is 0 Å². The predicted octanol–water partition coefficient (Wildman–Crippen LogP) is 4.94. The molecule has 1 aromatic carbocycles. The summed E-state index contributed by atoms with van der Waals surface area (Å²) in [7, 11) is 0. The van der Waals surface area contributed by atoms with Crippen LogP contribution in [0.3, 0.4) is 0 Å². The van der Waals surface area contributed by atoms with Crippen molar-refractivity contribution in [1.29, 1.82) is 0 Å². The molecule has 0 unspecified atom stereocenters. The van der Waals surface area contributed by atoms with Gasteiger partial charge in [-0.3, -0.25) is 4.79 Å². The molecule has 4 nitrogen and oxygen atoms in total. The third kappa shape index (κ3) is 4.18. The van der Waals surface area contributed by atoms with Gasteiger partial charge in [0, 0.05) is 21.7 Å². The normalized spacial score (nSPS) is 10.3. The Morgan fingerprint density at radius 1 is 1.33 bits per heavy atom. The molecular weight excluding hydrogens is 421 g/mol.